The van der Waals surface area contributed by atoms with Crippen molar-refractivity contribution in [2.75, 3.05) is 6.61 Å². The molecule has 0 unspecified atom stereocenters. The van der Waals surface area contributed by atoms with Gasteiger partial charge in [-0.15, -0.1) is 0 Å². The number of fused-ring (bicyclic) bond motifs is 1. The van der Waals surface area contributed by atoms with E-state index in [0.717, 1.165) is 30.4 Å². The maximum atomic E-state index is 11.7. The third-order valence-electron chi connectivity index (χ3n) is 3.20. The maximum absolute atomic E-state index is 11.7. The van der Waals surface area contributed by atoms with Crippen molar-refractivity contribution in [1.29, 1.82) is 0 Å². The van der Waals surface area contributed by atoms with E-state index in [9.17, 15) is 9.90 Å². The molecule has 0 bridgehead atoms. The Bertz CT molecular complexity index is 488. The van der Waals surface area contributed by atoms with Crippen LogP contribution in [0.4, 0.5) is 0 Å². The van der Waals surface area contributed by atoms with Gasteiger partial charge in [-0.3, -0.25) is 0 Å². The van der Waals surface area contributed by atoms with Gasteiger partial charge < -0.3 is 14.6 Å². The Hall–Kier alpha value is -1.55. The summed E-state index contributed by atoms with van der Waals surface area (Å²) in [7, 11) is 0. The quantitative estimate of drug-likeness (QED) is 0.864. The highest BCUT2D eigenvalue weighted by Gasteiger charge is 2.22. The van der Waals surface area contributed by atoms with Crippen LogP contribution in [0.3, 0.4) is 0 Å². The standard InChI is InChI=1S/C16H22O4/c1-16(2,3)20-15(18)10-19-14-9-5-6-11-12(14)7-4-8-13(11)17/h5-6,9,13,17H,4,7-8,10H2,1-3H3/t13-/m0/s1. The predicted octanol–water partition coefficient (Wildman–Crippen LogP) is 2.78. The summed E-state index contributed by atoms with van der Waals surface area (Å²) >= 11 is 0. The fourth-order valence-electron chi connectivity index (χ4n) is 2.43. The molecule has 20 heavy (non-hydrogen) atoms. The molecule has 0 saturated carbocycles. The molecule has 1 aromatic rings. The molecule has 0 heterocycles. The van der Waals surface area contributed by atoms with Crippen LogP contribution in [0.1, 0.15) is 50.8 Å². The number of aliphatic hydroxyl groups excluding tert-OH is 1. The second kappa shape index (κ2) is 5.83. The van der Waals surface area contributed by atoms with Gasteiger partial charge in [-0.25, -0.2) is 4.79 Å². The summed E-state index contributed by atoms with van der Waals surface area (Å²) in [5, 5.41) is 9.97. The van der Waals surface area contributed by atoms with E-state index in [2.05, 4.69) is 0 Å². The van der Waals surface area contributed by atoms with Gasteiger partial charge in [0.05, 0.1) is 6.10 Å². The van der Waals surface area contributed by atoms with Crippen LogP contribution in [0.2, 0.25) is 0 Å². The molecule has 1 aromatic carbocycles. The smallest absolute Gasteiger partial charge is 0.344 e. The number of ether oxygens (including phenoxy) is 2. The number of benzene rings is 1. The first-order valence-corrected chi connectivity index (χ1v) is 7.01. The van der Waals surface area contributed by atoms with Gasteiger partial charge in [-0.2, -0.15) is 0 Å². The molecular formula is C16H22O4. The number of carbonyl (C=O) groups excluding carboxylic acids is 1. The zero-order chi connectivity index (χ0) is 14.8. The lowest BCUT2D eigenvalue weighted by atomic mass is 9.89. The number of hydrogen-bond donors (Lipinski definition) is 1. The van der Waals surface area contributed by atoms with Gasteiger partial charge in [0.1, 0.15) is 11.4 Å². The minimum absolute atomic E-state index is 0.107. The number of esters is 1. The molecule has 0 spiro atoms. The summed E-state index contributed by atoms with van der Waals surface area (Å²) in [6.07, 6.45) is 2.16. The van der Waals surface area contributed by atoms with Crippen LogP contribution in [0, 0.1) is 0 Å². The fourth-order valence-corrected chi connectivity index (χ4v) is 2.43. The fraction of sp³-hybridized carbons (Fsp3) is 0.562. The average molecular weight is 278 g/mol. The molecule has 0 aromatic heterocycles. The highest BCUT2D eigenvalue weighted by atomic mass is 16.6. The van der Waals surface area contributed by atoms with E-state index in [0.29, 0.717) is 5.75 Å². The van der Waals surface area contributed by atoms with Crippen molar-refractivity contribution in [1.82, 2.24) is 0 Å². The Morgan fingerprint density at radius 3 is 2.85 bits per heavy atom. The van der Waals surface area contributed by atoms with E-state index >= 15 is 0 Å². The molecule has 1 aliphatic carbocycles. The van der Waals surface area contributed by atoms with Crippen molar-refractivity contribution in [2.24, 2.45) is 0 Å². The second-order valence-electron chi connectivity index (χ2n) is 6.11. The second-order valence-corrected chi connectivity index (χ2v) is 6.11. The van der Waals surface area contributed by atoms with Crippen LogP contribution in [-0.4, -0.2) is 23.3 Å². The van der Waals surface area contributed by atoms with Crippen LogP contribution in [-0.2, 0) is 16.0 Å². The Kier molecular flexibility index (Phi) is 4.33. The lowest BCUT2D eigenvalue weighted by molar-refractivity contribution is -0.157. The molecule has 1 aliphatic rings. The average Bonchev–Trinajstić information content (AvgIpc) is 2.35. The normalized spacial score (nSPS) is 18.3. The minimum Gasteiger partial charge on any atom is -0.482 e. The Balaban J connectivity index is 2.04. The van der Waals surface area contributed by atoms with E-state index in [4.69, 9.17) is 9.47 Å². The minimum atomic E-state index is -0.507. The number of aliphatic hydroxyl groups is 1. The zero-order valence-corrected chi connectivity index (χ0v) is 12.3. The third-order valence-corrected chi connectivity index (χ3v) is 3.20. The lowest BCUT2D eigenvalue weighted by Crippen LogP contribution is -2.27. The van der Waals surface area contributed by atoms with Gasteiger partial charge in [0.15, 0.2) is 6.61 Å². The van der Waals surface area contributed by atoms with E-state index in [-0.39, 0.29) is 12.6 Å². The van der Waals surface area contributed by atoms with Crippen molar-refractivity contribution < 1.29 is 19.4 Å². The van der Waals surface area contributed by atoms with Crippen molar-refractivity contribution in [3.63, 3.8) is 0 Å². The molecule has 0 radical (unpaired) electrons. The van der Waals surface area contributed by atoms with E-state index in [1.165, 1.54) is 0 Å². The van der Waals surface area contributed by atoms with Crippen LogP contribution in [0.15, 0.2) is 18.2 Å². The monoisotopic (exact) mass is 278 g/mol. The van der Waals surface area contributed by atoms with Crippen LogP contribution < -0.4 is 4.74 Å². The van der Waals surface area contributed by atoms with Gasteiger partial charge in [0.2, 0.25) is 0 Å². The first kappa shape index (κ1) is 14.9. The highest BCUT2D eigenvalue weighted by Crippen LogP contribution is 2.35. The SMILES string of the molecule is CC(C)(C)OC(=O)COc1cccc2c1CCC[C@@H]2O. The molecule has 0 saturated heterocycles. The van der Waals surface area contributed by atoms with E-state index < -0.39 is 11.7 Å². The van der Waals surface area contributed by atoms with Gasteiger partial charge in [-0.1, -0.05) is 12.1 Å². The van der Waals surface area contributed by atoms with Crippen LogP contribution in [0.25, 0.3) is 0 Å². The highest BCUT2D eigenvalue weighted by molar-refractivity contribution is 5.71. The summed E-state index contributed by atoms with van der Waals surface area (Å²) < 4.78 is 10.8. The molecular weight excluding hydrogens is 256 g/mol. The number of rotatable bonds is 3. The van der Waals surface area contributed by atoms with Crippen LogP contribution in [0.5, 0.6) is 5.75 Å². The van der Waals surface area contributed by atoms with Gasteiger partial charge in [0.25, 0.3) is 0 Å². The number of hydrogen-bond acceptors (Lipinski definition) is 4. The molecule has 0 amide bonds. The summed E-state index contributed by atoms with van der Waals surface area (Å²) in [6, 6.07) is 5.60. The molecule has 1 atom stereocenters. The maximum Gasteiger partial charge on any atom is 0.344 e. The van der Waals surface area contributed by atoms with Crippen molar-refractivity contribution in [3.8, 4) is 5.75 Å². The largest absolute Gasteiger partial charge is 0.482 e. The number of carbonyl (C=O) groups is 1. The predicted molar refractivity (Wildman–Crippen MR) is 75.7 cm³/mol. The lowest BCUT2D eigenvalue weighted by Gasteiger charge is -2.24. The Morgan fingerprint density at radius 1 is 1.40 bits per heavy atom. The van der Waals surface area contributed by atoms with Crippen molar-refractivity contribution >= 4 is 5.97 Å². The summed E-state index contributed by atoms with van der Waals surface area (Å²) in [5.74, 6) is 0.290. The topological polar surface area (TPSA) is 55.8 Å². The molecule has 110 valence electrons. The molecule has 4 heteroatoms. The Morgan fingerprint density at radius 2 is 2.15 bits per heavy atom. The van der Waals surface area contributed by atoms with Crippen LogP contribution >= 0.6 is 0 Å². The molecule has 0 aliphatic heterocycles. The first-order valence-electron chi connectivity index (χ1n) is 7.01. The van der Waals surface area contributed by atoms with Gasteiger partial charge >= 0.3 is 5.97 Å². The third kappa shape index (κ3) is 3.73. The van der Waals surface area contributed by atoms with Gasteiger partial charge in [0, 0.05) is 0 Å². The molecule has 1 N–H and O–H groups in total. The molecule has 0 fully saturated rings. The zero-order valence-electron chi connectivity index (χ0n) is 12.3. The van der Waals surface area contributed by atoms with Crippen molar-refractivity contribution in [3.05, 3.63) is 29.3 Å². The van der Waals surface area contributed by atoms with Gasteiger partial charge in [-0.05, 0) is 57.2 Å². The summed E-state index contributed by atoms with van der Waals surface area (Å²) in [6.45, 7) is 5.37. The molecule has 2 rings (SSSR count). The first-order chi connectivity index (χ1) is 9.37. The van der Waals surface area contributed by atoms with E-state index in [1.54, 1.807) is 0 Å². The summed E-state index contributed by atoms with van der Waals surface area (Å²) in [5.41, 5.74) is 1.42. The molecule has 4 nitrogen and oxygen atoms in total. The summed E-state index contributed by atoms with van der Waals surface area (Å²) in [4.78, 5) is 11.7. The van der Waals surface area contributed by atoms with E-state index in [1.807, 2.05) is 39.0 Å². The van der Waals surface area contributed by atoms with Crippen molar-refractivity contribution in [2.45, 2.75) is 51.7 Å². The Labute approximate surface area is 119 Å².